The van der Waals surface area contributed by atoms with Crippen molar-refractivity contribution in [1.29, 1.82) is 0 Å². The van der Waals surface area contributed by atoms with Gasteiger partial charge in [-0.2, -0.15) is 0 Å². The summed E-state index contributed by atoms with van der Waals surface area (Å²) in [4.78, 5) is 19.2. The number of carboxylic acids is 1. The zero-order valence-corrected chi connectivity index (χ0v) is 12.4. The minimum atomic E-state index is -0.972. The van der Waals surface area contributed by atoms with E-state index in [1.165, 1.54) is 18.5 Å². The summed E-state index contributed by atoms with van der Waals surface area (Å²) in [7, 11) is 0. The lowest BCUT2D eigenvalue weighted by Crippen LogP contribution is -1.96. The topological polar surface area (TPSA) is 72.3 Å². The van der Waals surface area contributed by atoms with Crippen molar-refractivity contribution in [2.45, 2.75) is 6.92 Å². The van der Waals surface area contributed by atoms with Crippen LogP contribution in [0.1, 0.15) is 15.9 Å². The first kappa shape index (κ1) is 14.7. The molecule has 0 aliphatic rings. The van der Waals surface area contributed by atoms with Gasteiger partial charge in [-0.1, -0.05) is 23.8 Å². The Morgan fingerprint density at radius 3 is 2.52 bits per heavy atom. The molecule has 0 radical (unpaired) electrons. The predicted molar refractivity (Wildman–Crippen MR) is 85.7 cm³/mol. The average molecular weight is 306 g/mol. The number of ether oxygens (including phenoxy) is 1. The fraction of sp³-hybridized carbons (Fsp3) is 0.0556. The van der Waals surface area contributed by atoms with Gasteiger partial charge < -0.3 is 9.84 Å². The van der Waals surface area contributed by atoms with Gasteiger partial charge in [0.1, 0.15) is 12.1 Å². The van der Waals surface area contributed by atoms with Gasteiger partial charge in [-0.05, 0) is 37.3 Å². The highest BCUT2D eigenvalue weighted by molar-refractivity contribution is 5.87. The van der Waals surface area contributed by atoms with Crippen LogP contribution in [0.2, 0.25) is 0 Å². The van der Waals surface area contributed by atoms with Gasteiger partial charge in [0.25, 0.3) is 0 Å². The molecule has 3 aromatic rings. The molecule has 23 heavy (non-hydrogen) atoms. The van der Waals surface area contributed by atoms with Crippen molar-refractivity contribution >= 4 is 5.97 Å². The molecule has 3 rings (SSSR count). The van der Waals surface area contributed by atoms with Crippen molar-refractivity contribution in [1.82, 2.24) is 9.97 Å². The van der Waals surface area contributed by atoms with Crippen molar-refractivity contribution in [3.8, 4) is 22.9 Å². The lowest BCUT2D eigenvalue weighted by atomic mass is 10.1. The maximum Gasteiger partial charge on any atom is 0.335 e. The third-order valence-electron chi connectivity index (χ3n) is 3.28. The molecule has 0 fully saturated rings. The smallest absolute Gasteiger partial charge is 0.335 e. The molecule has 0 bridgehead atoms. The van der Waals surface area contributed by atoms with Crippen molar-refractivity contribution in [3.63, 3.8) is 0 Å². The summed E-state index contributed by atoms with van der Waals surface area (Å²) in [5.74, 6) is -0.0520. The van der Waals surface area contributed by atoms with Gasteiger partial charge in [-0.3, -0.25) is 0 Å². The Balaban J connectivity index is 1.84. The number of hydrogen-bond donors (Lipinski definition) is 1. The monoisotopic (exact) mass is 306 g/mol. The summed E-state index contributed by atoms with van der Waals surface area (Å²) in [5.41, 5.74) is 3.10. The fourth-order valence-electron chi connectivity index (χ4n) is 2.14. The van der Waals surface area contributed by atoms with E-state index in [0.717, 1.165) is 16.8 Å². The number of carboxylic acid groups (broad SMARTS) is 1. The van der Waals surface area contributed by atoms with E-state index < -0.39 is 5.97 Å². The zero-order chi connectivity index (χ0) is 16.2. The highest BCUT2D eigenvalue weighted by Gasteiger charge is 2.06. The van der Waals surface area contributed by atoms with E-state index in [0.29, 0.717) is 11.6 Å². The molecular formula is C18H14N2O3. The van der Waals surface area contributed by atoms with Crippen LogP contribution in [-0.2, 0) is 0 Å². The minimum Gasteiger partial charge on any atom is -0.478 e. The van der Waals surface area contributed by atoms with Gasteiger partial charge in [0, 0.05) is 11.6 Å². The van der Waals surface area contributed by atoms with Crippen LogP contribution < -0.4 is 4.74 Å². The predicted octanol–water partition coefficient (Wildman–Crippen LogP) is 3.94. The molecule has 2 aromatic carbocycles. The van der Waals surface area contributed by atoms with Gasteiger partial charge >= 0.3 is 5.97 Å². The van der Waals surface area contributed by atoms with Gasteiger partial charge in [0.2, 0.25) is 5.88 Å². The molecule has 5 heteroatoms. The van der Waals surface area contributed by atoms with Crippen LogP contribution in [0.3, 0.4) is 0 Å². The van der Waals surface area contributed by atoms with E-state index in [9.17, 15) is 4.79 Å². The fourth-order valence-corrected chi connectivity index (χ4v) is 2.14. The van der Waals surface area contributed by atoms with Gasteiger partial charge in [-0.15, -0.1) is 0 Å². The third kappa shape index (κ3) is 3.52. The van der Waals surface area contributed by atoms with Crippen LogP contribution >= 0.6 is 0 Å². The number of hydrogen-bond acceptors (Lipinski definition) is 4. The quantitative estimate of drug-likeness (QED) is 0.790. The van der Waals surface area contributed by atoms with Crippen molar-refractivity contribution in [3.05, 3.63) is 72.1 Å². The van der Waals surface area contributed by atoms with Crippen molar-refractivity contribution in [2.24, 2.45) is 0 Å². The molecule has 1 aromatic heterocycles. The second-order valence-electron chi connectivity index (χ2n) is 5.04. The first-order chi connectivity index (χ1) is 11.1. The lowest BCUT2D eigenvalue weighted by molar-refractivity contribution is 0.0697. The van der Waals surface area contributed by atoms with Gasteiger partial charge in [0.05, 0.1) is 11.3 Å². The Bertz CT molecular complexity index is 845. The van der Waals surface area contributed by atoms with E-state index in [4.69, 9.17) is 9.84 Å². The minimum absolute atomic E-state index is 0.209. The molecule has 0 spiro atoms. The first-order valence-corrected chi connectivity index (χ1v) is 7.02. The van der Waals surface area contributed by atoms with Crippen LogP contribution in [-0.4, -0.2) is 21.0 Å². The second-order valence-corrected chi connectivity index (χ2v) is 5.04. The number of carbonyl (C=O) groups is 1. The Kier molecular flexibility index (Phi) is 4.01. The molecule has 0 aliphatic carbocycles. The zero-order valence-electron chi connectivity index (χ0n) is 12.4. The largest absolute Gasteiger partial charge is 0.478 e. The van der Waals surface area contributed by atoms with Crippen molar-refractivity contribution in [2.75, 3.05) is 0 Å². The van der Waals surface area contributed by atoms with E-state index in [-0.39, 0.29) is 5.56 Å². The lowest BCUT2D eigenvalue weighted by Gasteiger charge is -2.07. The van der Waals surface area contributed by atoms with Gasteiger partial charge in [-0.25, -0.2) is 14.8 Å². The number of aryl methyl sites for hydroxylation is 1. The highest BCUT2D eigenvalue weighted by Crippen LogP contribution is 2.24. The first-order valence-electron chi connectivity index (χ1n) is 7.02. The Morgan fingerprint density at radius 1 is 1.04 bits per heavy atom. The number of benzene rings is 2. The van der Waals surface area contributed by atoms with Crippen LogP contribution in [0.15, 0.2) is 60.9 Å². The van der Waals surface area contributed by atoms with Gasteiger partial charge in [0.15, 0.2) is 0 Å². The standard InChI is InChI=1S/C18H14N2O3/c1-12-3-2-4-14(9-12)16-10-17(20-11-19-16)23-15-7-5-13(6-8-15)18(21)22/h2-11H,1H3,(H,21,22). The molecule has 0 saturated heterocycles. The second kappa shape index (κ2) is 6.27. The van der Waals surface area contributed by atoms with E-state index >= 15 is 0 Å². The molecule has 1 N–H and O–H groups in total. The Morgan fingerprint density at radius 2 is 1.83 bits per heavy atom. The summed E-state index contributed by atoms with van der Waals surface area (Å²) in [5, 5.41) is 8.89. The molecule has 0 amide bonds. The molecule has 5 nitrogen and oxygen atoms in total. The highest BCUT2D eigenvalue weighted by atomic mass is 16.5. The van der Waals surface area contributed by atoms with Crippen LogP contribution in [0.4, 0.5) is 0 Å². The third-order valence-corrected chi connectivity index (χ3v) is 3.28. The van der Waals surface area contributed by atoms with Crippen LogP contribution in [0.25, 0.3) is 11.3 Å². The molecule has 0 atom stereocenters. The molecule has 0 unspecified atom stereocenters. The summed E-state index contributed by atoms with van der Waals surface area (Å²) in [6.07, 6.45) is 1.44. The maximum atomic E-state index is 10.8. The number of aromatic nitrogens is 2. The molecule has 0 aliphatic heterocycles. The molecule has 1 heterocycles. The number of rotatable bonds is 4. The molecule has 114 valence electrons. The van der Waals surface area contributed by atoms with E-state index in [1.807, 2.05) is 31.2 Å². The Labute approximate surface area is 133 Å². The average Bonchev–Trinajstić information content (AvgIpc) is 2.56. The molecular weight excluding hydrogens is 292 g/mol. The summed E-state index contributed by atoms with van der Waals surface area (Å²) in [6, 6.07) is 15.9. The maximum absolute atomic E-state index is 10.8. The van der Waals surface area contributed by atoms with Crippen molar-refractivity contribution < 1.29 is 14.6 Å². The van der Waals surface area contributed by atoms with E-state index in [2.05, 4.69) is 9.97 Å². The van der Waals surface area contributed by atoms with E-state index in [1.54, 1.807) is 18.2 Å². The van der Waals surface area contributed by atoms with Crippen LogP contribution in [0, 0.1) is 6.92 Å². The van der Waals surface area contributed by atoms with Crippen LogP contribution in [0.5, 0.6) is 11.6 Å². The molecule has 0 saturated carbocycles. The SMILES string of the molecule is Cc1cccc(-c2cc(Oc3ccc(C(=O)O)cc3)ncn2)c1. The summed E-state index contributed by atoms with van der Waals surface area (Å²) in [6.45, 7) is 2.02. The number of nitrogens with zero attached hydrogens (tertiary/aromatic N) is 2. The summed E-state index contributed by atoms with van der Waals surface area (Å²) >= 11 is 0. The number of aromatic carboxylic acids is 1. The summed E-state index contributed by atoms with van der Waals surface area (Å²) < 4.78 is 5.66. The Hall–Kier alpha value is -3.21. The normalized spacial score (nSPS) is 10.3.